The molecule has 0 bridgehead atoms. The van der Waals surface area contributed by atoms with Gasteiger partial charge in [0.1, 0.15) is 11.8 Å². The van der Waals surface area contributed by atoms with E-state index in [9.17, 15) is 14.4 Å². The average Bonchev–Trinajstić information content (AvgIpc) is 2.36. The zero-order valence-electron chi connectivity index (χ0n) is 10.3. The molecule has 0 fully saturated rings. The monoisotopic (exact) mass is 300 g/mol. The summed E-state index contributed by atoms with van der Waals surface area (Å²) in [6.07, 6.45) is -0.484. The first-order valence-electron chi connectivity index (χ1n) is 5.57. The van der Waals surface area contributed by atoms with Crippen molar-refractivity contribution in [2.45, 2.75) is 12.5 Å². The Hall–Kier alpha value is -2.28. The smallest absolute Gasteiger partial charge is 0.326 e. The number of hydrogen-bond donors (Lipinski definition) is 3. The topological polar surface area (TPSA) is 119 Å². The summed E-state index contributed by atoms with van der Waals surface area (Å²) in [5.74, 6) is -2.43. The summed E-state index contributed by atoms with van der Waals surface area (Å²) in [7, 11) is 0. The van der Waals surface area contributed by atoms with E-state index in [-0.39, 0.29) is 6.61 Å². The zero-order chi connectivity index (χ0) is 15.1. The minimum absolute atomic E-state index is 0.385. The van der Waals surface area contributed by atoms with E-state index in [1.807, 2.05) is 0 Å². The van der Waals surface area contributed by atoms with Gasteiger partial charge in [0.2, 0.25) is 5.91 Å². The maximum absolute atomic E-state index is 11.5. The number of nitrogens with one attached hydrogen (secondary N) is 1. The normalized spacial score (nSPS) is 11.4. The molecule has 1 rings (SSSR count). The molecule has 0 aromatic heterocycles. The van der Waals surface area contributed by atoms with Crippen molar-refractivity contribution < 1.29 is 24.2 Å². The van der Waals surface area contributed by atoms with Gasteiger partial charge in [-0.3, -0.25) is 9.59 Å². The van der Waals surface area contributed by atoms with Crippen molar-refractivity contribution in [3.63, 3.8) is 0 Å². The van der Waals surface area contributed by atoms with Gasteiger partial charge >= 0.3 is 5.97 Å². The number of nitrogens with two attached hydrogens (primary N) is 1. The molecular formula is C12H13ClN2O5. The van der Waals surface area contributed by atoms with Crippen LogP contribution in [0.4, 0.5) is 0 Å². The fourth-order valence-electron chi connectivity index (χ4n) is 1.32. The summed E-state index contributed by atoms with van der Waals surface area (Å²) < 4.78 is 5.13. The average molecular weight is 301 g/mol. The summed E-state index contributed by atoms with van der Waals surface area (Å²) in [6.45, 7) is -0.385. The first-order valence-corrected chi connectivity index (χ1v) is 5.95. The van der Waals surface area contributed by atoms with Gasteiger partial charge in [-0.1, -0.05) is 11.6 Å². The van der Waals surface area contributed by atoms with Crippen LogP contribution in [-0.4, -0.2) is 35.5 Å². The molecule has 7 nitrogen and oxygen atoms in total. The Bertz CT molecular complexity index is 503. The lowest BCUT2D eigenvalue weighted by Crippen LogP contribution is -2.45. The Balaban J connectivity index is 2.47. The van der Waals surface area contributed by atoms with Crippen LogP contribution in [0.2, 0.25) is 5.02 Å². The van der Waals surface area contributed by atoms with Crippen molar-refractivity contribution >= 4 is 29.4 Å². The van der Waals surface area contributed by atoms with Crippen LogP contribution >= 0.6 is 11.6 Å². The van der Waals surface area contributed by atoms with Gasteiger partial charge in [0.25, 0.3) is 5.91 Å². The molecule has 4 N–H and O–H groups in total. The molecule has 2 amide bonds. The molecule has 1 atom stereocenters. The zero-order valence-corrected chi connectivity index (χ0v) is 11.1. The maximum Gasteiger partial charge on any atom is 0.326 e. The molecule has 108 valence electrons. The Morgan fingerprint density at radius 3 is 2.40 bits per heavy atom. The number of halogens is 1. The summed E-state index contributed by atoms with van der Waals surface area (Å²) >= 11 is 5.68. The van der Waals surface area contributed by atoms with E-state index in [0.717, 1.165) is 0 Å². The highest BCUT2D eigenvalue weighted by atomic mass is 35.5. The SMILES string of the molecule is NC(=O)CC(NC(=O)COc1ccc(Cl)cc1)C(=O)O. The van der Waals surface area contributed by atoms with Gasteiger partial charge in [0, 0.05) is 5.02 Å². The van der Waals surface area contributed by atoms with Crippen LogP contribution in [0.1, 0.15) is 6.42 Å². The van der Waals surface area contributed by atoms with Crippen molar-refractivity contribution in [2.24, 2.45) is 5.73 Å². The number of carboxylic acid groups (broad SMARTS) is 1. The van der Waals surface area contributed by atoms with Gasteiger partial charge in [-0.2, -0.15) is 0 Å². The number of carbonyl (C=O) groups excluding carboxylic acids is 2. The van der Waals surface area contributed by atoms with Crippen molar-refractivity contribution in [2.75, 3.05) is 6.61 Å². The first-order chi connectivity index (χ1) is 9.38. The number of amides is 2. The van der Waals surface area contributed by atoms with Crippen LogP contribution in [0.3, 0.4) is 0 Å². The van der Waals surface area contributed by atoms with Crippen molar-refractivity contribution in [3.8, 4) is 5.75 Å². The van der Waals surface area contributed by atoms with Gasteiger partial charge in [-0.05, 0) is 24.3 Å². The van der Waals surface area contributed by atoms with E-state index in [1.165, 1.54) is 0 Å². The molecule has 0 aliphatic heterocycles. The molecule has 8 heteroatoms. The van der Waals surface area contributed by atoms with E-state index < -0.39 is 30.2 Å². The molecule has 0 saturated carbocycles. The highest BCUT2D eigenvalue weighted by molar-refractivity contribution is 6.30. The molecule has 0 saturated heterocycles. The highest BCUT2D eigenvalue weighted by Crippen LogP contribution is 2.15. The molecule has 0 radical (unpaired) electrons. The second kappa shape index (κ2) is 7.34. The number of hydrogen-bond acceptors (Lipinski definition) is 4. The van der Waals surface area contributed by atoms with Gasteiger partial charge in [0.05, 0.1) is 6.42 Å². The van der Waals surface area contributed by atoms with Gasteiger partial charge in [-0.25, -0.2) is 4.79 Å². The van der Waals surface area contributed by atoms with Crippen LogP contribution in [0.25, 0.3) is 0 Å². The quantitative estimate of drug-likeness (QED) is 0.663. The number of rotatable bonds is 7. The number of aliphatic carboxylic acids is 1. The Morgan fingerprint density at radius 2 is 1.90 bits per heavy atom. The van der Waals surface area contributed by atoms with Gasteiger partial charge in [-0.15, -0.1) is 0 Å². The molecule has 1 aromatic rings. The Kier molecular flexibility index (Phi) is 5.79. The standard InChI is InChI=1S/C12H13ClN2O5/c13-7-1-3-8(4-2-7)20-6-11(17)15-9(12(18)19)5-10(14)16/h1-4,9H,5-6H2,(H2,14,16)(H,15,17)(H,18,19). The third kappa shape index (κ3) is 5.57. The van der Waals surface area contributed by atoms with Gasteiger partial charge < -0.3 is 20.9 Å². The summed E-state index contributed by atoms with van der Waals surface area (Å²) in [6, 6.07) is 4.93. The van der Waals surface area contributed by atoms with Gasteiger partial charge in [0.15, 0.2) is 6.61 Å². The molecule has 0 spiro atoms. The molecular weight excluding hydrogens is 288 g/mol. The largest absolute Gasteiger partial charge is 0.484 e. The predicted molar refractivity (Wildman–Crippen MR) is 70.3 cm³/mol. The van der Waals surface area contributed by atoms with Crippen molar-refractivity contribution in [1.29, 1.82) is 0 Å². The van der Waals surface area contributed by atoms with E-state index in [1.54, 1.807) is 24.3 Å². The van der Waals surface area contributed by atoms with Crippen molar-refractivity contribution in [1.82, 2.24) is 5.32 Å². The summed E-state index contributed by atoms with van der Waals surface area (Å²) in [4.78, 5) is 33.0. The number of carbonyl (C=O) groups is 3. The second-order valence-electron chi connectivity index (χ2n) is 3.87. The third-order valence-electron chi connectivity index (χ3n) is 2.22. The number of benzene rings is 1. The lowest BCUT2D eigenvalue weighted by molar-refractivity contribution is -0.143. The number of ether oxygens (including phenoxy) is 1. The second-order valence-corrected chi connectivity index (χ2v) is 4.31. The molecule has 1 unspecified atom stereocenters. The number of carboxylic acids is 1. The predicted octanol–water partition coefficient (Wildman–Crippen LogP) is 0.164. The van der Waals surface area contributed by atoms with Crippen LogP contribution < -0.4 is 15.8 Å². The van der Waals surface area contributed by atoms with Crippen LogP contribution in [0, 0.1) is 0 Å². The van der Waals surface area contributed by atoms with Crippen LogP contribution in [0.5, 0.6) is 5.75 Å². The Morgan fingerprint density at radius 1 is 1.30 bits per heavy atom. The van der Waals surface area contributed by atoms with Crippen LogP contribution in [0.15, 0.2) is 24.3 Å². The first kappa shape index (κ1) is 15.8. The van der Waals surface area contributed by atoms with E-state index >= 15 is 0 Å². The fourth-order valence-corrected chi connectivity index (χ4v) is 1.44. The summed E-state index contributed by atoms with van der Waals surface area (Å²) in [5, 5.41) is 11.5. The van der Waals surface area contributed by atoms with E-state index in [2.05, 4.69) is 5.32 Å². The van der Waals surface area contributed by atoms with Crippen molar-refractivity contribution in [3.05, 3.63) is 29.3 Å². The molecule has 0 aliphatic rings. The fraction of sp³-hybridized carbons (Fsp3) is 0.250. The minimum Gasteiger partial charge on any atom is -0.484 e. The summed E-state index contributed by atoms with van der Waals surface area (Å²) in [5.41, 5.74) is 4.89. The lowest BCUT2D eigenvalue weighted by Gasteiger charge is -2.13. The van der Waals surface area contributed by atoms with Crippen LogP contribution in [-0.2, 0) is 14.4 Å². The third-order valence-corrected chi connectivity index (χ3v) is 2.47. The highest BCUT2D eigenvalue weighted by Gasteiger charge is 2.22. The van der Waals surface area contributed by atoms with E-state index in [4.69, 9.17) is 27.2 Å². The minimum atomic E-state index is -1.37. The molecule has 20 heavy (non-hydrogen) atoms. The molecule has 0 heterocycles. The maximum atomic E-state index is 11.5. The molecule has 0 aliphatic carbocycles. The molecule has 1 aromatic carbocycles. The number of primary amides is 1. The Labute approximate surface area is 119 Å². The van der Waals surface area contributed by atoms with E-state index in [0.29, 0.717) is 10.8 Å². The lowest BCUT2D eigenvalue weighted by atomic mass is 10.2.